The highest BCUT2D eigenvalue weighted by molar-refractivity contribution is 5.89. The van der Waals surface area contributed by atoms with Crippen LogP contribution in [-0.2, 0) is 22.7 Å². The summed E-state index contributed by atoms with van der Waals surface area (Å²) >= 11 is 0. The molecule has 0 aliphatic heterocycles. The maximum absolute atomic E-state index is 12.2. The highest BCUT2D eigenvalue weighted by Crippen LogP contribution is 2.22. The molecule has 5 heteroatoms. The summed E-state index contributed by atoms with van der Waals surface area (Å²) in [6.07, 6.45) is 0. The number of nitrogens with one attached hydrogen (secondary N) is 1. The van der Waals surface area contributed by atoms with Gasteiger partial charge in [-0.3, -0.25) is 4.79 Å². The van der Waals surface area contributed by atoms with Gasteiger partial charge in [-0.15, -0.1) is 0 Å². The van der Waals surface area contributed by atoms with Crippen LogP contribution in [-0.4, -0.2) is 19.0 Å². The lowest BCUT2D eigenvalue weighted by molar-refractivity contribution is -0.119. The Balaban J connectivity index is 1.61. The maximum atomic E-state index is 12.2. The van der Waals surface area contributed by atoms with E-state index in [9.17, 15) is 9.59 Å². The summed E-state index contributed by atoms with van der Waals surface area (Å²) in [5.74, 6) is 0.340. The zero-order chi connectivity index (χ0) is 19.2. The number of ether oxygens (including phenoxy) is 2. The number of benzene rings is 3. The third kappa shape index (κ3) is 4.85. The first kappa shape index (κ1) is 18.5. The first-order chi connectivity index (χ1) is 13.0. The van der Waals surface area contributed by atoms with E-state index in [0.29, 0.717) is 12.1 Å². The van der Waals surface area contributed by atoms with Gasteiger partial charge in [0.15, 0.2) is 0 Å². The number of carbonyl (C=O) groups is 2. The van der Waals surface area contributed by atoms with Gasteiger partial charge in [-0.25, -0.2) is 4.79 Å². The monoisotopic (exact) mass is 363 g/mol. The van der Waals surface area contributed by atoms with E-state index >= 15 is 0 Å². The van der Waals surface area contributed by atoms with Crippen LogP contribution in [0.5, 0.6) is 5.75 Å². The van der Waals surface area contributed by atoms with Gasteiger partial charge in [-0.1, -0.05) is 30.3 Å². The van der Waals surface area contributed by atoms with Gasteiger partial charge in [0.05, 0.1) is 12.7 Å². The SMILES string of the molecule is COc1ccc2cc(COC(=O)c3ccc(CNC(C)=O)cc3)ccc2c1. The second-order valence-electron chi connectivity index (χ2n) is 6.23. The average Bonchev–Trinajstić information content (AvgIpc) is 2.70. The summed E-state index contributed by atoms with van der Waals surface area (Å²) in [5, 5.41) is 4.85. The van der Waals surface area contributed by atoms with Crippen LogP contribution in [0, 0.1) is 0 Å². The number of fused-ring (bicyclic) bond motifs is 1. The zero-order valence-electron chi connectivity index (χ0n) is 15.3. The van der Waals surface area contributed by atoms with Crippen LogP contribution >= 0.6 is 0 Å². The molecule has 0 spiro atoms. The summed E-state index contributed by atoms with van der Waals surface area (Å²) in [6, 6.07) is 18.8. The van der Waals surface area contributed by atoms with Gasteiger partial charge in [0, 0.05) is 13.5 Å². The standard InChI is InChI=1S/C22H21NO4/c1-15(24)23-13-16-3-6-18(7-4-16)22(25)27-14-17-5-8-20-12-21(26-2)10-9-19(20)11-17/h3-12H,13-14H2,1-2H3,(H,23,24). The lowest BCUT2D eigenvalue weighted by atomic mass is 10.1. The van der Waals surface area contributed by atoms with E-state index in [2.05, 4.69) is 5.32 Å². The second kappa shape index (κ2) is 8.36. The van der Waals surface area contributed by atoms with E-state index < -0.39 is 0 Å². The van der Waals surface area contributed by atoms with Crippen molar-refractivity contribution < 1.29 is 19.1 Å². The average molecular weight is 363 g/mol. The highest BCUT2D eigenvalue weighted by Gasteiger charge is 2.08. The minimum absolute atomic E-state index is 0.0904. The molecule has 0 aliphatic rings. The van der Waals surface area contributed by atoms with Crippen molar-refractivity contribution in [2.75, 3.05) is 7.11 Å². The fourth-order valence-electron chi connectivity index (χ4n) is 2.71. The lowest BCUT2D eigenvalue weighted by Crippen LogP contribution is -2.18. The molecule has 1 N–H and O–H groups in total. The number of rotatable bonds is 6. The summed E-state index contributed by atoms with van der Waals surface area (Å²) in [6.45, 7) is 2.11. The molecule has 0 bridgehead atoms. The minimum Gasteiger partial charge on any atom is -0.497 e. The van der Waals surface area contributed by atoms with Gasteiger partial charge in [-0.05, 0) is 52.2 Å². The predicted octanol–water partition coefficient (Wildman–Crippen LogP) is 3.84. The quantitative estimate of drug-likeness (QED) is 0.676. The molecule has 0 saturated carbocycles. The molecule has 3 aromatic carbocycles. The number of amides is 1. The molecule has 0 radical (unpaired) electrons. The van der Waals surface area contributed by atoms with Crippen molar-refractivity contribution in [3.8, 4) is 5.75 Å². The summed E-state index contributed by atoms with van der Waals surface area (Å²) in [5.41, 5.74) is 2.32. The summed E-state index contributed by atoms with van der Waals surface area (Å²) < 4.78 is 10.6. The van der Waals surface area contributed by atoms with Crippen molar-refractivity contribution >= 4 is 22.6 Å². The van der Waals surface area contributed by atoms with E-state index in [-0.39, 0.29) is 18.5 Å². The Morgan fingerprint density at radius 2 is 1.56 bits per heavy atom. The molecular formula is C22H21NO4. The van der Waals surface area contributed by atoms with Crippen molar-refractivity contribution in [2.24, 2.45) is 0 Å². The van der Waals surface area contributed by atoms with Crippen LogP contribution in [0.2, 0.25) is 0 Å². The molecule has 0 atom stereocenters. The maximum Gasteiger partial charge on any atom is 0.338 e. The third-order valence-corrected chi connectivity index (χ3v) is 4.21. The third-order valence-electron chi connectivity index (χ3n) is 4.21. The predicted molar refractivity (Wildman–Crippen MR) is 104 cm³/mol. The van der Waals surface area contributed by atoms with Crippen LogP contribution < -0.4 is 10.1 Å². The van der Waals surface area contributed by atoms with Crippen molar-refractivity contribution in [1.29, 1.82) is 0 Å². The summed E-state index contributed by atoms with van der Waals surface area (Å²) in [7, 11) is 1.64. The molecule has 138 valence electrons. The van der Waals surface area contributed by atoms with Gasteiger partial charge in [0.1, 0.15) is 12.4 Å². The molecule has 0 heterocycles. The minimum atomic E-state index is -0.379. The number of hydrogen-bond acceptors (Lipinski definition) is 4. The number of carbonyl (C=O) groups excluding carboxylic acids is 2. The van der Waals surface area contributed by atoms with Gasteiger partial charge >= 0.3 is 5.97 Å². The molecule has 0 unspecified atom stereocenters. The van der Waals surface area contributed by atoms with Gasteiger partial charge < -0.3 is 14.8 Å². The molecule has 0 aliphatic carbocycles. The number of methoxy groups -OCH3 is 1. The van der Waals surface area contributed by atoms with E-state index in [1.807, 2.05) is 36.4 Å². The molecule has 1 amide bonds. The van der Waals surface area contributed by atoms with Crippen molar-refractivity contribution in [2.45, 2.75) is 20.1 Å². The first-order valence-electron chi connectivity index (χ1n) is 8.62. The van der Waals surface area contributed by atoms with Crippen molar-refractivity contribution in [3.05, 3.63) is 77.4 Å². The Kier molecular flexibility index (Phi) is 5.71. The first-order valence-corrected chi connectivity index (χ1v) is 8.62. The van der Waals surface area contributed by atoms with Crippen LogP contribution in [0.4, 0.5) is 0 Å². The molecule has 27 heavy (non-hydrogen) atoms. The number of hydrogen-bond donors (Lipinski definition) is 1. The van der Waals surface area contributed by atoms with Gasteiger partial charge in [0.25, 0.3) is 0 Å². The molecule has 5 nitrogen and oxygen atoms in total. The Morgan fingerprint density at radius 3 is 2.26 bits per heavy atom. The highest BCUT2D eigenvalue weighted by atomic mass is 16.5. The molecule has 0 fully saturated rings. The Bertz CT molecular complexity index is 964. The topological polar surface area (TPSA) is 64.6 Å². The Hall–Kier alpha value is -3.34. The van der Waals surface area contributed by atoms with E-state index in [4.69, 9.17) is 9.47 Å². The smallest absolute Gasteiger partial charge is 0.338 e. The molecule has 3 rings (SSSR count). The lowest BCUT2D eigenvalue weighted by Gasteiger charge is -2.08. The van der Waals surface area contributed by atoms with E-state index in [1.165, 1.54) is 6.92 Å². The van der Waals surface area contributed by atoms with E-state index in [1.54, 1.807) is 31.4 Å². The molecular weight excluding hydrogens is 342 g/mol. The van der Waals surface area contributed by atoms with Crippen molar-refractivity contribution in [3.63, 3.8) is 0 Å². The van der Waals surface area contributed by atoms with Crippen LogP contribution in [0.3, 0.4) is 0 Å². The Labute approximate surface area is 157 Å². The van der Waals surface area contributed by atoms with Crippen LogP contribution in [0.25, 0.3) is 10.8 Å². The second-order valence-corrected chi connectivity index (χ2v) is 6.23. The zero-order valence-corrected chi connectivity index (χ0v) is 15.3. The summed E-state index contributed by atoms with van der Waals surface area (Å²) in [4.78, 5) is 23.2. The van der Waals surface area contributed by atoms with E-state index in [0.717, 1.165) is 27.6 Å². The van der Waals surface area contributed by atoms with Crippen LogP contribution in [0.15, 0.2) is 60.7 Å². The molecule has 0 aromatic heterocycles. The normalized spacial score (nSPS) is 10.4. The Morgan fingerprint density at radius 1 is 0.889 bits per heavy atom. The molecule has 0 saturated heterocycles. The molecule has 3 aromatic rings. The van der Waals surface area contributed by atoms with Crippen molar-refractivity contribution in [1.82, 2.24) is 5.32 Å². The largest absolute Gasteiger partial charge is 0.497 e. The van der Waals surface area contributed by atoms with Gasteiger partial charge in [-0.2, -0.15) is 0 Å². The van der Waals surface area contributed by atoms with Gasteiger partial charge in [0.2, 0.25) is 5.91 Å². The fraction of sp³-hybridized carbons (Fsp3) is 0.182. The van der Waals surface area contributed by atoms with Crippen LogP contribution in [0.1, 0.15) is 28.4 Å². The fourth-order valence-corrected chi connectivity index (χ4v) is 2.71. The number of esters is 1.